The van der Waals surface area contributed by atoms with E-state index in [0.29, 0.717) is 29.7 Å². The molecule has 1 aromatic carbocycles. The molecule has 2 rings (SSSR count). The van der Waals surface area contributed by atoms with Gasteiger partial charge in [0, 0.05) is 5.56 Å². The number of methoxy groups -OCH3 is 1. The number of carboxylic acids is 1. The van der Waals surface area contributed by atoms with Gasteiger partial charge < -0.3 is 9.84 Å². The molecule has 0 amide bonds. The molecule has 0 spiro atoms. The maximum absolute atomic E-state index is 13.7. The van der Waals surface area contributed by atoms with Crippen LogP contribution >= 0.6 is 0 Å². The summed E-state index contributed by atoms with van der Waals surface area (Å²) in [6.07, 6.45) is 1.99. The fraction of sp³-hybridized carbons (Fsp3) is 0.462. The number of halogens is 1. The van der Waals surface area contributed by atoms with Crippen LogP contribution in [0.25, 0.3) is 0 Å². The van der Waals surface area contributed by atoms with Crippen LogP contribution in [0.3, 0.4) is 0 Å². The molecule has 4 heteroatoms. The van der Waals surface area contributed by atoms with E-state index < -0.39 is 17.2 Å². The van der Waals surface area contributed by atoms with E-state index in [1.54, 1.807) is 13.0 Å². The molecular weight excluding hydrogens is 223 g/mol. The van der Waals surface area contributed by atoms with E-state index in [0.717, 1.165) is 6.42 Å². The first-order valence-electron chi connectivity index (χ1n) is 5.59. The van der Waals surface area contributed by atoms with Crippen LogP contribution in [0.5, 0.6) is 5.75 Å². The zero-order valence-electron chi connectivity index (χ0n) is 9.92. The topological polar surface area (TPSA) is 46.5 Å². The highest BCUT2D eigenvalue weighted by Crippen LogP contribution is 2.45. The number of aliphatic carboxylic acids is 1. The fourth-order valence-corrected chi connectivity index (χ4v) is 2.30. The molecule has 17 heavy (non-hydrogen) atoms. The van der Waals surface area contributed by atoms with Crippen LogP contribution in [0.4, 0.5) is 4.39 Å². The summed E-state index contributed by atoms with van der Waals surface area (Å²) in [5, 5.41) is 9.30. The van der Waals surface area contributed by atoms with Gasteiger partial charge in [0.1, 0.15) is 11.6 Å². The zero-order chi connectivity index (χ0) is 12.6. The Hall–Kier alpha value is -1.58. The summed E-state index contributed by atoms with van der Waals surface area (Å²) in [6.45, 7) is 1.62. The lowest BCUT2D eigenvalue weighted by molar-refractivity contribution is -0.147. The quantitative estimate of drug-likeness (QED) is 0.880. The van der Waals surface area contributed by atoms with Crippen molar-refractivity contribution in [2.24, 2.45) is 0 Å². The maximum atomic E-state index is 13.7. The number of carboxylic acid groups (broad SMARTS) is 1. The van der Waals surface area contributed by atoms with Gasteiger partial charge in [-0.3, -0.25) is 4.79 Å². The molecule has 0 radical (unpaired) electrons. The Morgan fingerprint density at radius 2 is 2.12 bits per heavy atom. The number of hydrogen-bond donors (Lipinski definition) is 1. The molecule has 1 aromatic rings. The second kappa shape index (κ2) is 4.02. The summed E-state index contributed by atoms with van der Waals surface area (Å²) >= 11 is 0. The average Bonchev–Trinajstić information content (AvgIpc) is 2.20. The van der Waals surface area contributed by atoms with Gasteiger partial charge in [0.25, 0.3) is 0 Å². The molecule has 1 N–H and O–H groups in total. The molecule has 1 aliphatic carbocycles. The molecule has 1 saturated carbocycles. The van der Waals surface area contributed by atoms with Gasteiger partial charge in [-0.2, -0.15) is 0 Å². The summed E-state index contributed by atoms with van der Waals surface area (Å²) in [5.74, 6) is -0.881. The second-order valence-electron chi connectivity index (χ2n) is 4.53. The molecule has 0 atom stereocenters. The lowest BCUT2D eigenvalue weighted by Gasteiger charge is -2.38. The average molecular weight is 238 g/mol. The summed E-state index contributed by atoms with van der Waals surface area (Å²) < 4.78 is 18.8. The summed E-state index contributed by atoms with van der Waals surface area (Å²) in [6, 6.07) is 2.97. The van der Waals surface area contributed by atoms with Crippen LogP contribution in [0.2, 0.25) is 0 Å². The van der Waals surface area contributed by atoms with Gasteiger partial charge in [-0.05, 0) is 37.5 Å². The summed E-state index contributed by atoms with van der Waals surface area (Å²) in [7, 11) is 1.46. The minimum absolute atomic E-state index is 0.410. The minimum atomic E-state index is -0.915. The lowest BCUT2D eigenvalue weighted by Crippen LogP contribution is -2.42. The van der Waals surface area contributed by atoms with Crippen molar-refractivity contribution in [3.8, 4) is 5.75 Å². The maximum Gasteiger partial charge on any atom is 0.314 e. The smallest absolute Gasteiger partial charge is 0.314 e. The molecule has 0 bridgehead atoms. The van der Waals surface area contributed by atoms with Crippen molar-refractivity contribution in [2.75, 3.05) is 7.11 Å². The number of carbonyl (C=O) groups is 1. The van der Waals surface area contributed by atoms with Crippen molar-refractivity contribution in [2.45, 2.75) is 31.6 Å². The van der Waals surface area contributed by atoms with Gasteiger partial charge in [-0.25, -0.2) is 4.39 Å². The predicted molar refractivity (Wildman–Crippen MR) is 60.9 cm³/mol. The van der Waals surface area contributed by atoms with Crippen molar-refractivity contribution >= 4 is 5.97 Å². The first-order chi connectivity index (χ1) is 8.01. The van der Waals surface area contributed by atoms with E-state index in [9.17, 15) is 14.3 Å². The van der Waals surface area contributed by atoms with Crippen LogP contribution in [0, 0.1) is 12.7 Å². The van der Waals surface area contributed by atoms with Crippen LogP contribution in [-0.4, -0.2) is 18.2 Å². The number of hydrogen-bond acceptors (Lipinski definition) is 2. The monoisotopic (exact) mass is 238 g/mol. The van der Waals surface area contributed by atoms with E-state index in [-0.39, 0.29) is 0 Å². The number of rotatable bonds is 3. The Bertz CT molecular complexity index is 464. The highest BCUT2D eigenvalue weighted by molar-refractivity contribution is 5.82. The largest absolute Gasteiger partial charge is 0.496 e. The summed E-state index contributed by atoms with van der Waals surface area (Å²) in [5.41, 5.74) is 0.00858. The summed E-state index contributed by atoms with van der Waals surface area (Å²) in [4.78, 5) is 11.3. The van der Waals surface area contributed by atoms with Crippen molar-refractivity contribution in [3.05, 3.63) is 29.1 Å². The second-order valence-corrected chi connectivity index (χ2v) is 4.53. The third-order valence-corrected chi connectivity index (χ3v) is 3.69. The van der Waals surface area contributed by atoms with Crippen molar-refractivity contribution in [3.63, 3.8) is 0 Å². The SMILES string of the molecule is COc1cc(C2(C(=O)O)CCC2)cc(F)c1C. The van der Waals surface area contributed by atoms with E-state index in [2.05, 4.69) is 0 Å². The van der Waals surface area contributed by atoms with E-state index >= 15 is 0 Å². The van der Waals surface area contributed by atoms with Gasteiger partial charge in [0.05, 0.1) is 12.5 Å². The number of ether oxygens (including phenoxy) is 1. The third kappa shape index (κ3) is 1.68. The standard InChI is InChI=1S/C13H15FO3/c1-8-10(14)6-9(7-11(8)17-2)13(12(15)16)4-3-5-13/h6-7H,3-5H2,1-2H3,(H,15,16). The molecule has 3 nitrogen and oxygen atoms in total. The Kier molecular flexibility index (Phi) is 2.81. The molecule has 92 valence electrons. The van der Waals surface area contributed by atoms with Gasteiger partial charge in [-0.15, -0.1) is 0 Å². The van der Waals surface area contributed by atoms with Gasteiger partial charge in [-0.1, -0.05) is 6.42 Å². The van der Waals surface area contributed by atoms with Crippen LogP contribution < -0.4 is 4.74 Å². The Morgan fingerprint density at radius 1 is 1.47 bits per heavy atom. The minimum Gasteiger partial charge on any atom is -0.496 e. The van der Waals surface area contributed by atoms with Crippen LogP contribution in [0.15, 0.2) is 12.1 Å². The highest BCUT2D eigenvalue weighted by atomic mass is 19.1. The normalized spacial score (nSPS) is 17.4. The Balaban J connectivity index is 2.52. The van der Waals surface area contributed by atoms with Crippen LogP contribution in [0.1, 0.15) is 30.4 Å². The van der Waals surface area contributed by atoms with Crippen LogP contribution in [-0.2, 0) is 10.2 Å². The Morgan fingerprint density at radius 3 is 2.53 bits per heavy atom. The molecule has 0 unspecified atom stereocenters. The van der Waals surface area contributed by atoms with Gasteiger partial charge >= 0.3 is 5.97 Å². The first kappa shape index (κ1) is 11.9. The Labute approximate surface area is 99.2 Å². The molecule has 0 heterocycles. The van der Waals surface area contributed by atoms with Crippen molar-refractivity contribution in [1.82, 2.24) is 0 Å². The van der Waals surface area contributed by atoms with E-state index in [4.69, 9.17) is 4.74 Å². The van der Waals surface area contributed by atoms with Gasteiger partial charge in [0.2, 0.25) is 0 Å². The van der Waals surface area contributed by atoms with E-state index in [1.807, 2.05) is 0 Å². The lowest BCUT2D eigenvalue weighted by atomic mass is 9.64. The van der Waals surface area contributed by atoms with Gasteiger partial charge in [0.15, 0.2) is 0 Å². The fourth-order valence-electron chi connectivity index (χ4n) is 2.30. The molecule has 0 aliphatic heterocycles. The molecule has 1 fully saturated rings. The first-order valence-corrected chi connectivity index (χ1v) is 5.59. The predicted octanol–water partition coefficient (Wildman–Crippen LogP) is 2.65. The highest BCUT2D eigenvalue weighted by Gasteiger charge is 2.46. The van der Waals surface area contributed by atoms with Crippen molar-refractivity contribution in [1.29, 1.82) is 0 Å². The third-order valence-electron chi connectivity index (χ3n) is 3.69. The number of benzene rings is 1. The van der Waals surface area contributed by atoms with Crippen molar-refractivity contribution < 1.29 is 19.0 Å². The molecular formula is C13H15FO3. The van der Waals surface area contributed by atoms with E-state index in [1.165, 1.54) is 13.2 Å². The molecule has 0 aromatic heterocycles. The molecule has 0 saturated heterocycles. The molecule has 1 aliphatic rings. The zero-order valence-corrected chi connectivity index (χ0v) is 9.92.